The summed E-state index contributed by atoms with van der Waals surface area (Å²) in [4.78, 5) is 33.1. The summed E-state index contributed by atoms with van der Waals surface area (Å²) in [6.07, 6.45) is -0.602. The predicted octanol–water partition coefficient (Wildman–Crippen LogP) is 4.04. The van der Waals surface area contributed by atoms with Crippen LogP contribution < -0.4 is 9.64 Å². The van der Waals surface area contributed by atoms with Crippen molar-refractivity contribution in [3.05, 3.63) is 53.0 Å². The lowest BCUT2D eigenvalue weighted by molar-refractivity contribution is -0.117. The Balaban J connectivity index is 1.75. The number of piperidine rings is 1. The zero-order valence-electron chi connectivity index (χ0n) is 18.0. The fraction of sp³-hybridized carbons (Fsp3) is 0.435. The molecule has 3 heterocycles. The molecule has 10 heteroatoms. The summed E-state index contributed by atoms with van der Waals surface area (Å²) in [6, 6.07) is 7.15. The average Bonchev–Trinajstić information content (AvgIpc) is 2.79. The van der Waals surface area contributed by atoms with E-state index < -0.39 is 30.5 Å². The van der Waals surface area contributed by atoms with Crippen LogP contribution in [0.4, 0.5) is 18.9 Å². The van der Waals surface area contributed by atoms with Gasteiger partial charge in [-0.15, -0.1) is 11.6 Å². The quantitative estimate of drug-likeness (QED) is 0.618. The van der Waals surface area contributed by atoms with Crippen LogP contribution in [0.5, 0.6) is 5.88 Å². The summed E-state index contributed by atoms with van der Waals surface area (Å²) >= 11 is 5.80. The van der Waals surface area contributed by atoms with Crippen LogP contribution in [0.2, 0.25) is 0 Å². The molecule has 1 fully saturated rings. The molecule has 2 amide bonds. The Bertz CT molecular complexity index is 1050. The molecule has 4 rings (SSSR count). The smallest absolute Gasteiger partial charge is 0.272 e. The molecule has 33 heavy (non-hydrogen) atoms. The van der Waals surface area contributed by atoms with E-state index in [1.165, 1.54) is 21.9 Å². The van der Waals surface area contributed by atoms with Gasteiger partial charge in [-0.2, -0.15) is 0 Å². The number of halogens is 4. The van der Waals surface area contributed by atoms with Gasteiger partial charge in [0.1, 0.15) is 29.7 Å². The van der Waals surface area contributed by atoms with E-state index in [-0.39, 0.29) is 55.5 Å². The van der Waals surface area contributed by atoms with E-state index in [0.717, 1.165) is 5.56 Å². The van der Waals surface area contributed by atoms with Crippen molar-refractivity contribution in [1.82, 2.24) is 9.88 Å². The molecule has 2 aromatic rings. The highest BCUT2D eigenvalue weighted by atomic mass is 35.5. The van der Waals surface area contributed by atoms with Gasteiger partial charge < -0.3 is 14.5 Å². The monoisotopic (exact) mass is 481 g/mol. The number of anilines is 1. The van der Waals surface area contributed by atoms with Crippen molar-refractivity contribution in [2.45, 2.75) is 38.2 Å². The Morgan fingerprint density at radius 2 is 1.88 bits per heavy atom. The Morgan fingerprint density at radius 3 is 2.52 bits per heavy atom. The first-order valence-corrected chi connectivity index (χ1v) is 11.2. The predicted molar refractivity (Wildman–Crippen MR) is 117 cm³/mol. The second-order valence-electron chi connectivity index (χ2n) is 8.33. The van der Waals surface area contributed by atoms with E-state index in [0.29, 0.717) is 11.3 Å². The number of fused-ring (bicyclic) bond motifs is 1. The molecule has 0 aliphatic carbocycles. The van der Waals surface area contributed by atoms with Gasteiger partial charge >= 0.3 is 0 Å². The Morgan fingerprint density at radius 1 is 1.21 bits per heavy atom. The number of amides is 2. The SMILES string of the molecule is C[C@H]1COc2nc(C(=O)N3CCC(F)(F)CC3)c(Cc3ccc(F)cc3)cc2N1C(=O)CCl. The fourth-order valence-corrected chi connectivity index (χ4v) is 4.22. The third-order valence-electron chi connectivity index (χ3n) is 5.88. The third kappa shape index (κ3) is 4.93. The van der Waals surface area contributed by atoms with Crippen LogP contribution in [-0.4, -0.2) is 59.2 Å². The number of benzene rings is 1. The number of hydrogen-bond acceptors (Lipinski definition) is 4. The van der Waals surface area contributed by atoms with Crippen molar-refractivity contribution in [3.8, 4) is 5.88 Å². The van der Waals surface area contributed by atoms with Crippen LogP contribution in [0.15, 0.2) is 30.3 Å². The van der Waals surface area contributed by atoms with Crippen molar-refractivity contribution < 1.29 is 27.5 Å². The van der Waals surface area contributed by atoms with Crippen molar-refractivity contribution >= 4 is 29.1 Å². The first-order valence-electron chi connectivity index (χ1n) is 10.6. The van der Waals surface area contributed by atoms with E-state index in [9.17, 15) is 22.8 Å². The normalized spacial score (nSPS) is 19.6. The van der Waals surface area contributed by atoms with Crippen molar-refractivity contribution in [2.24, 2.45) is 0 Å². The third-order valence-corrected chi connectivity index (χ3v) is 6.11. The molecule has 2 aliphatic heterocycles. The van der Waals surface area contributed by atoms with E-state index in [1.54, 1.807) is 25.1 Å². The molecular weight excluding hydrogens is 459 g/mol. The molecule has 0 spiro atoms. The van der Waals surface area contributed by atoms with E-state index >= 15 is 0 Å². The molecule has 1 atom stereocenters. The largest absolute Gasteiger partial charge is 0.474 e. The number of carbonyl (C=O) groups is 2. The summed E-state index contributed by atoms with van der Waals surface area (Å²) in [5, 5.41) is 0. The molecule has 2 aliphatic rings. The zero-order chi connectivity index (χ0) is 23.8. The van der Waals surface area contributed by atoms with Gasteiger partial charge in [0.15, 0.2) is 0 Å². The van der Waals surface area contributed by atoms with Crippen LogP contribution >= 0.6 is 11.6 Å². The summed E-state index contributed by atoms with van der Waals surface area (Å²) in [7, 11) is 0. The highest BCUT2D eigenvalue weighted by molar-refractivity contribution is 6.29. The van der Waals surface area contributed by atoms with Crippen LogP contribution in [0.1, 0.15) is 41.4 Å². The minimum atomic E-state index is -2.79. The van der Waals surface area contributed by atoms with Gasteiger partial charge in [-0.3, -0.25) is 9.59 Å². The lowest BCUT2D eigenvalue weighted by Gasteiger charge is -2.35. The molecule has 1 saturated heterocycles. The van der Waals surface area contributed by atoms with E-state index in [2.05, 4.69) is 4.98 Å². The maximum absolute atomic E-state index is 13.6. The van der Waals surface area contributed by atoms with Gasteiger partial charge in [0.2, 0.25) is 11.8 Å². The molecule has 0 bridgehead atoms. The topological polar surface area (TPSA) is 62.7 Å². The molecule has 0 unspecified atom stereocenters. The van der Waals surface area contributed by atoms with Crippen LogP contribution in [0, 0.1) is 5.82 Å². The van der Waals surface area contributed by atoms with Crippen LogP contribution in [0.3, 0.4) is 0 Å². The number of rotatable bonds is 4. The first-order chi connectivity index (χ1) is 15.7. The zero-order valence-corrected chi connectivity index (χ0v) is 18.7. The Hall–Kier alpha value is -2.81. The summed E-state index contributed by atoms with van der Waals surface area (Å²) in [6.45, 7) is 1.80. The number of nitrogens with zero attached hydrogens (tertiary/aromatic N) is 3. The highest BCUT2D eigenvalue weighted by Crippen LogP contribution is 2.36. The van der Waals surface area contributed by atoms with Gasteiger partial charge in [-0.05, 0) is 42.7 Å². The summed E-state index contributed by atoms with van der Waals surface area (Å²) < 4.78 is 46.3. The van der Waals surface area contributed by atoms with Crippen molar-refractivity contribution in [1.29, 1.82) is 0 Å². The van der Waals surface area contributed by atoms with E-state index in [1.807, 2.05) is 0 Å². The number of alkyl halides is 3. The number of carbonyl (C=O) groups excluding carboxylic acids is 2. The number of aromatic nitrogens is 1. The highest BCUT2D eigenvalue weighted by Gasteiger charge is 2.38. The Labute approximate surface area is 194 Å². The Kier molecular flexibility index (Phi) is 6.52. The molecular formula is C23H23ClF3N3O3. The second kappa shape index (κ2) is 9.21. The maximum Gasteiger partial charge on any atom is 0.272 e. The number of likely N-dealkylation sites (tertiary alicyclic amines) is 1. The maximum atomic E-state index is 13.6. The molecule has 0 saturated carbocycles. The minimum absolute atomic E-state index is 0.0658. The molecule has 0 radical (unpaired) electrons. The van der Waals surface area contributed by atoms with Crippen molar-refractivity contribution in [2.75, 3.05) is 30.5 Å². The van der Waals surface area contributed by atoms with Gasteiger partial charge in [0, 0.05) is 25.9 Å². The van der Waals surface area contributed by atoms with Crippen molar-refractivity contribution in [3.63, 3.8) is 0 Å². The summed E-state index contributed by atoms with van der Waals surface area (Å²) in [5.74, 6) is -4.13. The summed E-state index contributed by atoms with van der Waals surface area (Å²) in [5.41, 5.74) is 1.65. The van der Waals surface area contributed by atoms with E-state index in [4.69, 9.17) is 16.3 Å². The lowest BCUT2D eigenvalue weighted by atomic mass is 10.00. The standard InChI is InChI=1S/C23H23ClF3N3O3/c1-14-13-33-21-18(30(14)19(31)12-24)11-16(10-15-2-4-17(25)5-3-15)20(28-21)22(32)29-8-6-23(26,27)7-9-29/h2-5,11,14H,6-10,12-13H2,1H3/t14-/m0/s1. The molecule has 6 nitrogen and oxygen atoms in total. The number of pyridine rings is 1. The molecule has 0 N–H and O–H groups in total. The second-order valence-corrected chi connectivity index (χ2v) is 8.60. The number of ether oxygens (including phenoxy) is 1. The molecule has 176 valence electrons. The molecule has 1 aromatic heterocycles. The van der Waals surface area contributed by atoms with Gasteiger partial charge in [-0.1, -0.05) is 12.1 Å². The van der Waals surface area contributed by atoms with Gasteiger partial charge in [0.25, 0.3) is 11.8 Å². The van der Waals surface area contributed by atoms with Gasteiger partial charge in [0.05, 0.1) is 6.04 Å². The molecule has 1 aromatic carbocycles. The van der Waals surface area contributed by atoms with Crippen LogP contribution in [-0.2, 0) is 11.2 Å². The first kappa shape index (κ1) is 23.4. The van der Waals surface area contributed by atoms with Gasteiger partial charge in [-0.25, -0.2) is 18.2 Å². The lowest BCUT2D eigenvalue weighted by Crippen LogP contribution is -2.46. The minimum Gasteiger partial charge on any atom is -0.474 e. The van der Waals surface area contributed by atoms with Crippen LogP contribution in [0.25, 0.3) is 0 Å². The average molecular weight is 482 g/mol. The number of hydrogen-bond donors (Lipinski definition) is 0. The fourth-order valence-electron chi connectivity index (χ4n) is 4.09.